The van der Waals surface area contributed by atoms with Crippen molar-refractivity contribution >= 4 is 5.97 Å². The fourth-order valence-corrected chi connectivity index (χ4v) is 3.17. The summed E-state index contributed by atoms with van der Waals surface area (Å²) in [7, 11) is 0. The summed E-state index contributed by atoms with van der Waals surface area (Å²) < 4.78 is 160. The summed E-state index contributed by atoms with van der Waals surface area (Å²) in [6.45, 7) is -0.910. The van der Waals surface area contributed by atoms with E-state index in [2.05, 4.69) is 4.74 Å². The van der Waals surface area contributed by atoms with Crippen LogP contribution in [0.25, 0.3) is 0 Å². The average Bonchev–Trinajstić information content (AvgIpc) is 2.66. The van der Waals surface area contributed by atoms with E-state index < -0.39 is 55.0 Å². The first-order chi connectivity index (χ1) is 13.8. The van der Waals surface area contributed by atoms with Gasteiger partial charge in [-0.25, -0.2) is 8.78 Å². The van der Waals surface area contributed by atoms with E-state index in [1.165, 1.54) is 0 Å². The zero-order valence-corrected chi connectivity index (χ0v) is 16.0. The molecule has 0 amide bonds. The summed E-state index contributed by atoms with van der Waals surface area (Å²) in [5.41, 5.74) is 0. The fraction of sp³-hybridized carbons (Fsp3) is 0.941. The molecular weight excluding hydrogens is 464 g/mol. The van der Waals surface area contributed by atoms with Gasteiger partial charge in [0.15, 0.2) is 6.61 Å². The number of rotatable bonds is 10. The first-order valence-corrected chi connectivity index (χ1v) is 9.18. The van der Waals surface area contributed by atoms with Crippen LogP contribution in [-0.2, 0) is 9.53 Å². The highest BCUT2D eigenvalue weighted by Gasteiger charge is 2.87. The predicted octanol–water partition coefficient (Wildman–Crippen LogP) is 6.58. The van der Waals surface area contributed by atoms with Crippen molar-refractivity contribution in [2.75, 3.05) is 6.61 Å². The summed E-state index contributed by atoms with van der Waals surface area (Å²) in [5, 5.41) is 0. The number of halogens is 12. The normalized spacial score (nSPS) is 22.0. The summed E-state index contributed by atoms with van der Waals surface area (Å²) in [6, 6.07) is 0. The molecule has 1 saturated carbocycles. The molecule has 14 heteroatoms. The molecule has 0 radical (unpaired) electrons. The highest BCUT2D eigenvalue weighted by Crippen LogP contribution is 2.58. The standard InChI is InChI=1S/C17H20F12O2/c1-2-9-3-5-10(6-4-9)7-11(30)31-8-13(20,21)15(24,25)17(28,29)16(26,27)14(22,23)12(18)19/h9-10,12H,2-8H2,1H3. The van der Waals surface area contributed by atoms with Gasteiger partial charge in [0.05, 0.1) is 0 Å². The van der Waals surface area contributed by atoms with Crippen LogP contribution in [0.4, 0.5) is 52.7 Å². The third kappa shape index (κ3) is 5.18. The molecule has 0 aromatic rings. The van der Waals surface area contributed by atoms with E-state index in [9.17, 15) is 57.5 Å². The number of ether oxygens (including phenoxy) is 1. The Labute approximate surface area is 169 Å². The quantitative estimate of drug-likeness (QED) is 0.259. The van der Waals surface area contributed by atoms with Crippen LogP contribution in [0.2, 0.25) is 0 Å². The van der Waals surface area contributed by atoms with Gasteiger partial charge in [-0.05, 0) is 24.7 Å². The fourth-order valence-electron chi connectivity index (χ4n) is 3.17. The first kappa shape index (κ1) is 27.7. The molecule has 0 spiro atoms. The van der Waals surface area contributed by atoms with Crippen LogP contribution in [0.1, 0.15) is 45.4 Å². The van der Waals surface area contributed by atoms with Gasteiger partial charge in [-0.2, -0.15) is 43.9 Å². The maximum atomic E-state index is 13.6. The molecule has 31 heavy (non-hydrogen) atoms. The Morgan fingerprint density at radius 3 is 1.68 bits per heavy atom. The van der Waals surface area contributed by atoms with Crippen molar-refractivity contribution in [1.29, 1.82) is 0 Å². The largest absolute Gasteiger partial charge is 0.459 e. The summed E-state index contributed by atoms with van der Waals surface area (Å²) in [5.74, 6) is -37.2. The molecule has 0 aromatic carbocycles. The maximum Gasteiger partial charge on any atom is 0.384 e. The van der Waals surface area contributed by atoms with Crippen LogP contribution in [0.3, 0.4) is 0 Å². The number of hydrogen-bond acceptors (Lipinski definition) is 2. The Morgan fingerprint density at radius 1 is 0.806 bits per heavy atom. The van der Waals surface area contributed by atoms with E-state index in [0.29, 0.717) is 31.6 Å². The van der Waals surface area contributed by atoms with Crippen molar-refractivity contribution in [3.8, 4) is 0 Å². The lowest BCUT2D eigenvalue weighted by Crippen LogP contribution is -2.69. The molecule has 0 saturated heterocycles. The zero-order chi connectivity index (χ0) is 24.5. The van der Waals surface area contributed by atoms with E-state index in [1.54, 1.807) is 0 Å². The van der Waals surface area contributed by atoms with Gasteiger partial charge in [0.25, 0.3) is 0 Å². The SMILES string of the molecule is CCC1CCC(CC(=O)OCC(F)(F)C(F)(F)C(F)(F)C(F)(F)C(F)(F)C(F)F)CC1. The molecule has 2 nitrogen and oxygen atoms in total. The van der Waals surface area contributed by atoms with Crippen LogP contribution in [0.15, 0.2) is 0 Å². The minimum absolute atomic E-state index is 0.361. The van der Waals surface area contributed by atoms with Crippen LogP contribution in [0.5, 0.6) is 0 Å². The van der Waals surface area contributed by atoms with Crippen LogP contribution in [-0.4, -0.2) is 48.6 Å². The highest BCUT2D eigenvalue weighted by atomic mass is 19.4. The molecule has 0 atom stereocenters. The van der Waals surface area contributed by atoms with Gasteiger partial charge in [-0.3, -0.25) is 4.79 Å². The molecule has 1 fully saturated rings. The highest BCUT2D eigenvalue weighted by molar-refractivity contribution is 5.69. The van der Waals surface area contributed by atoms with E-state index in [1.807, 2.05) is 6.92 Å². The van der Waals surface area contributed by atoms with E-state index in [0.717, 1.165) is 6.42 Å². The van der Waals surface area contributed by atoms with Crippen molar-refractivity contribution in [2.45, 2.75) is 81.5 Å². The molecule has 0 aliphatic heterocycles. The first-order valence-electron chi connectivity index (χ1n) is 9.18. The molecule has 0 bridgehead atoms. The second-order valence-electron chi connectivity index (χ2n) is 7.51. The lowest BCUT2D eigenvalue weighted by molar-refractivity contribution is -0.414. The summed E-state index contributed by atoms with van der Waals surface area (Å²) >= 11 is 0. The maximum absolute atomic E-state index is 13.6. The lowest BCUT2D eigenvalue weighted by Gasteiger charge is -2.38. The van der Waals surface area contributed by atoms with Crippen LogP contribution >= 0.6 is 0 Å². The molecule has 1 aliphatic rings. The lowest BCUT2D eigenvalue weighted by atomic mass is 9.79. The molecule has 1 rings (SSSR count). The Bertz CT molecular complexity index is 612. The van der Waals surface area contributed by atoms with Crippen molar-refractivity contribution in [2.24, 2.45) is 11.8 Å². The number of alkyl halides is 12. The van der Waals surface area contributed by atoms with Crippen molar-refractivity contribution in [3.63, 3.8) is 0 Å². The average molecular weight is 484 g/mol. The Kier molecular flexibility index (Phi) is 8.25. The molecule has 0 heterocycles. The molecule has 0 unspecified atom stereocenters. The molecule has 1 aliphatic carbocycles. The molecule has 0 N–H and O–H groups in total. The monoisotopic (exact) mass is 484 g/mol. The predicted molar refractivity (Wildman–Crippen MR) is 82.1 cm³/mol. The van der Waals surface area contributed by atoms with E-state index in [-0.39, 0.29) is 5.92 Å². The Hall–Kier alpha value is -1.37. The van der Waals surface area contributed by atoms with E-state index >= 15 is 0 Å². The smallest absolute Gasteiger partial charge is 0.384 e. The second-order valence-corrected chi connectivity index (χ2v) is 7.51. The van der Waals surface area contributed by atoms with Crippen molar-refractivity contribution in [1.82, 2.24) is 0 Å². The van der Waals surface area contributed by atoms with Gasteiger partial charge in [-0.15, -0.1) is 0 Å². The van der Waals surface area contributed by atoms with Gasteiger partial charge in [0, 0.05) is 6.42 Å². The number of esters is 1. The molecule has 0 aromatic heterocycles. The minimum Gasteiger partial charge on any atom is -0.459 e. The van der Waals surface area contributed by atoms with Gasteiger partial charge < -0.3 is 4.74 Å². The summed E-state index contributed by atoms with van der Waals surface area (Å²) in [4.78, 5) is 11.6. The Balaban J connectivity index is 2.87. The van der Waals surface area contributed by atoms with Crippen molar-refractivity contribution in [3.05, 3.63) is 0 Å². The number of carbonyl (C=O) groups is 1. The minimum atomic E-state index is -7.62. The van der Waals surface area contributed by atoms with Gasteiger partial charge in [0.1, 0.15) is 0 Å². The number of carbonyl (C=O) groups excluding carboxylic acids is 1. The Morgan fingerprint density at radius 2 is 1.26 bits per heavy atom. The van der Waals surface area contributed by atoms with Crippen LogP contribution < -0.4 is 0 Å². The molecule has 184 valence electrons. The van der Waals surface area contributed by atoms with Crippen molar-refractivity contribution < 1.29 is 62.2 Å². The second kappa shape index (κ2) is 9.24. The van der Waals surface area contributed by atoms with Gasteiger partial charge in [-0.1, -0.05) is 26.2 Å². The summed E-state index contributed by atoms with van der Waals surface area (Å²) in [6.07, 6.45) is -2.88. The zero-order valence-electron chi connectivity index (χ0n) is 16.0. The molecular formula is C17H20F12O2. The third-order valence-electron chi connectivity index (χ3n) is 5.35. The number of hydrogen-bond donors (Lipinski definition) is 0. The third-order valence-corrected chi connectivity index (χ3v) is 5.35. The van der Waals surface area contributed by atoms with E-state index in [4.69, 9.17) is 0 Å². The van der Waals surface area contributed by atoms with Crippen LogP contribution in [0, 0.1) is 11.8 Å². The van der Waals surface area contributed by atoms with Gasteiger partial charge in [0.2, 0.25) is 0 Å². The van der Waals surface area contributed by atoms with Gasteiger partial charge >= 0.3 is 42.0 Å². The topological polar surface area (TPSA) is 26.3 Å².